The summed E-state index contributed by atoms with van der Waals surface area (Å²) in [4.78, 5) is 0. The molecule has 184 valence electrons. The Balaban J connectivity index is -0.000000231. The molecule has 32 heavy (non-hydrogen) atoms. The van der Waals surface area contributed by atoms with Crippen LogP contribution in [0, 0.1) is 0 Å². The zero-order valence-electron chi connectivity index (χ0n) is 15.0. The van der Waals surface area contributed by atoms with Gasteiger partial charge in [0.15, 0.2) is 0 Å². The fraction of sp³-hybridized carbons (Fsp3) is 1.00. The van der Waals surface area contributed by atoms with E-state index < -0.39 is 67.8 Å². The maximum atomic E-state index is 12.1. The van der Waals surface area contributed by atoms with Gasteiger partial charge in [0.2, 0.25) is 0 Å². The normalized spacial score (nSPS) is 14.5. The fourth-order valence-corrected chi connectivity index (χ4v) is 2.29. The molecule has 0 aliphatic carbocycles. The third kappa shape index (κ3) is 11.0. The summed E-state index contributed by atoms with van der Waals surface area (Å²) in [6.45, 7) is 0. The summed E-state index contributed by atoms with van der Waals surface area (Å²) in [7, 11) is -11.8. The van der Waals surface area contributed by atoms with Crippen LogP contribution in [0.1, 0.15) is 0 Å². The maximum Gasteiger partial charge on any atom is 1.00 e. The minimum absolute atomic E-state index is 0. The third-order valence-corrected chi connectivity index (χ3v) is 3.78. The molecule has 0 saturated carbocycles. The average Bonchev–Trinajstić information content (AvgIpc) is 2.29. The van der Waals surface area contributed by atoms with Crippen molar-refractivity contribution in [3.8, 4) is 0 Å². The van der Waals surface area contributed by atoms with Gasteiger partial charge in [0.05, 0.1) is 0 Å². The number of alkyl halides is 14. The average molecular weight is 540 g/mol. The van der Waals surface area contributed by atoms with Gasteiger partial charge in [-0.15, -0.1) is 0 Å². The van der Waals surface area contributed by atoms with Crippen LogP contribution in [0.25, 0.3) is 0 Å². The van der Waals surface area contributed by atoms with Crippen molar-refractivity contribution < 1.29 is 125 Å². The molecule has 0 aromatic rings. The van der Waals surface area contributed by atoms with E-state index in [4.69, 9.17) is 0 Å². The molecule has 0 heterocycles. The molecule has 24 heteroatoms. The van der Waals surface area contributed by atoms with Crippen LogP contribution < -0.4 is 37.7 Å². The van der Waals surface area contributed by atoms with Gasteiger partial charge < -0.3 is 9.11 Å². The van der Waals surface area contributed by atoms with Crippen LogP contribution in [-0.4, -0.2) is 73.5 Å². The van der Waals surface area contributed by atoms with Crippen LogP contribution in [0.15, 0.2) is 0 Å². The second kappa shape index (κ2) is 11.2. The van der Waals surface area contributed by atoms with Crippen molar-refractivity contribution in [1.29, 1.82) is 0 Å². The van der Waals surface area contributed by atoms with Crippen LogP contribution in [0.2, 0.25) is 0 Å². The summed E-state index contributed by atoms with van der Waals surface area (Å²) in [5.41, 5.74) is 0. The molecule has 0 unspecified atom stereocenters. The molecule has 0 spiro atoms. The summed E-state index contributed by atoms with van der Waals surface area (Å²) in [5, 5.41) is 0. The number of hydrogen-bond acceptors (Lipinski definition) is 6. The molecule has 6 nitrogen and oxygen atoms in total. The van der Waals surface area contributed by atoms with Gasteiger partial charge in [-0.25, -0.2) is 16.8 Å². The van der Waals surface area contributed by atoms with E-state index >= 15 is 0 Å². The zero-order chi connectivity index (χ0) is 25.4. The standard InChI is InChI=1S/2C4H3F7O3S.2Li/c2*5-2(6,1-15(12,13)14)3(7,8)4(9,10)11;;/h2*1H2,(H,12,13,14);;/q;;2*+1/p-2. The molecule has 0 fully saturated rings. The largest absolute Gasteiger partial charge is 1.00 e. The van der Waals surface area contributed by atoms with Gasteiger partial charge in [0.1, 0.15) is 31.7 Å². The molecule has 0 aliphatic heterocycles. The van der Waals surface area contributed by atoms with Crippen molar-refractivity contribution >= 4 is 20.2 Å². The van der Waals surface area contributed by atoms with Gasteiger partial charge >= 0.3 is 73.8 Å². The monoisotopic (exact) mass is 540 g/mol. The van der Waals surface area contributed by atoms with Gasteiger partial charge in [-0.3, -0.25) is 0 Å². The Morgan fingerprint density at radius 2 is 0.625 bits per heavy atom. The number of rotatable bonds is 6. The molecule has 0 rings (SSSR count). The smallest absolute Gasteiger partial charge is 0.748 e. The molecule has 0 bridgehead atoms. The molecule has 0 atom stereocenters. The predicted octanol–water partition coefficient (Wildman–Crippen LogP) is -3.26. The SMILES string of the molecule is O=S(=O)([O-])CC(F)(F)C(F)(F)C(F)(F)F.O=S(=O)([O-])CC(F)(F)C(F)(F)C(F)(F)F.[Li+].[Li+]. The van der Waals surface area contributed by atoms with Crippen LogP contribution in [-0.2, 0) is 20.2 Å². The van der Waals surface area contributed by atoms with E-state index in [1.54, 1.807) is 0 Å². The van der Waals surface area contributed by atoms with Gasteiger partial charge in [-0.1, -0.05) is 0 Å². The molecule has 0 aliphatic rings. The summed E-state index contributed by atoms with van der Waals surface area (Å²) in [5.74, 6) is -31.4. The Morgan fingerprint density at radius 1 is 0.469 bits per heavy atom. The van der Waals surface area contributed by atoms with E-state index in [9.17, 15) is 87.4 Å². The van der Waals surface area contributed by atoms with Crippen molar-refractivity contribution in [2.45, 2.75) is 36.0 Å². The second-order valence-electron chi connectivity index (χ2n) is 4.96. The first-order valence-electron chi connectivity index (χ1n) is 5.93. The van der Waals surface area contributed by atoms with Crippen LogP contribution in [0.3, 0.4) is 0 Å². The Hall–Kier alpha value is 0.0348. The minimum Gasteiger partial charge on any atom is -0.748 e. The molecular weight excluding hydrogens is 536 g/mol. The number of halogens is 14. The third-order valence-electron chi connectivity index (χ3n) is 2.35. The molecule has 0 N–H and O–H groups in total. The second-order valence-corrected chi connectivity index (χ2v) is 7.77. The Labute approximate surface area is 192 Å². The molecule has 0 aromatic carbocycles. The van der Waals surface area contributed by atoms with Crippen molar-refractivity contribution in [3.63, 3.8) is 0 Å². The van der Waals surface area contributed by atoms with Crippen molar-refractivity contribution in [1.82, 2.24) is 0 Å². The van der Waals surface area contributed by atoms with Crippen LogP contribution in [0.5, 0.6) is 0 Å². The number of hydrogen-bond donors (Lipinski definition) is 0. The Morgan fingerprint density at radius 3 is 0.719 bits per heavy atom. The van der Waals surface area contributed by atoms with Crippen molar-refractivity contribution in [2.24, 2.45) is 0 Å². The van der Waals surface area contributed by atoms with E-state index in [2.05, 4.69) is 0 Å². The van der Waals surface area contributed by atoms with Gasteiger partial charge in [-0.2, -0.15) is 61.5 Å². The quantitative estimate of drug-likeness (QED) is 0.199. The van der Waals surface area contributed by atoms with E-state index in [0.717, 1.165) is 0 Å². The van der Waals surface area contributed by atoms with E-state index in [1.807, 2.05) is 0 Å². The van der Waals surface area contributed by atoms with Crippen LogP contribution >= 0.6 is 0 Å². The maximum absolute atomic E-state index is 12.1. The minimum atomic E-state index is -6.64. The van der Waals surface area contributed by atoms with Gasteiger partial charge in [0.25, 0.3) is 0 Å². The van der Waals surface area contributed by atoms with E-state index in [-0.39, 0.29) is 37.7 Å². The molecule has 0 aromatic heterocycles. The topological polar surface area (TPSA) is 114 Å². The molecule has 0 amide bonds. The van der Waals surface area contributed by atoms with Gasteiger partial charge in [-0.05, 0) is 0 Å². The fourth-order valence-electron chi connectivity index (χ4n) is 1.04. The first kappa shape index (κ1) is 39.3. The first-order chi connectivity index (χ1) is 12.4. The first-order valence-corrected chi connectivity index (χ1v) is 9.08. The van der Waals surface area contributed by atoms with Crippen LogP contribution in [0.4, 0.5) is 61.5 Å². The van der Waals surface area contributed by atoms with E-state index in [0.29, 0.717) is 0 Å². The van der Waals surface area contributed by atoms with Crippen molar-refractivity contribution in [3.05, 3.63) is 0 Å². The summed E-state index contributed by atoms with van der Waals surface area (Å²) in [6, 6.07) is 0. The van der Waals surface area contributed by atoms with Gasteiger partial charge in [0, 0.05) is 0 Å². The van der Waals surface area contributed by atoms with E-state index in [1.165, 1.54) is 0 Å². The summed E-state index contributed by atoms with van der Waals surface area (Å²) in [6.07, 6.45) is -13.3. The molecule has 0 radical (unpaired) electrons. The molecular formula is C8H4F14Li2O6S2. The predicted molar refractivity (Wildman–Crippen MR) is 61.0 cm³/mol. The summed E-state index contributed by atoms with van der Waals surface area (Å²) >= 11 is 0. The Bertz CT molecular complexity index is 736. The molecule has 0 saturated heterocycles. The summed E-state index contributed by atoms with van der Waals surface area (Å²) < 4.78 is 223. The van der Waals surface area contributed by atoms with Crippen molar-refractivity contribution in [2.75, 3.05) is 11.5 Å². The Kier molecular flexibility index (Phi) is 13.7. The zero-order valence-corrected chi connectivity index (χ0v) is 16.6.